The highest BCUT2D eigenvalue weighted by Crippen LogP contribution is 2.28. The van der Waals surface area contributed by atoms with Gasteiger partial charge in [0, 0.05) is 36.0 Å². The number of nitrogens with one attached hydrogen (secondary N) is 1. The normalized spacial score (nSPS) is 13.7. The number of hydrogen-bond donors (Lipinski definition) is 1. The van der Waals surface area contributed by atoms with E-state index in [4.69, 9.17) is 9.26 Å². The van der Waals surface area contributed by atoms with Crippen molar-refractivity contribution in [3.05, 3.63) is 57.9 Å². The van der Waals surface area contributed by atoms with Crippen molar-refractivity contribution in [2.45, 2.75) is 19.9 Å². The average molecular weight is 412 g/mol. The minimum atomic E-state index is -0.348. The lowest BCUT2D eigenvalue weighted by Crippen LogP contribution is -2.34. The summed E-state index contributed by atoms with van der Waals surface area (Å²) < 4.78 is 10.1. The molecular formula is C20H20N4O4S. The molecule has 1 amide bonds. The van der Waals surface area contributed by atoms with E-state index in [-0.39, 0.29) is 17.4 Å². The van der Waals surface area contributed by atoms with Crippen LogP contribution in [0.2, 0.25) is 0 Å². The summed E-state index contributed by atoms with van der Waals surface area (Å²) in [4.78, 5) is 32.5. The smallest absolute Gasteiger partial charge is 0.279 e. The van der Waals surface area contributed by atoms with E-state index in [1.807, 2.05) is 0 Å². The molecule has 0 unspecified atom stereocenters. The third kappa shape index (κ3) is 4.36. The Kier molecular flexibility index (Phi) is 5.41. The molecule has 0 spiro atoms. The second-order valence-electron chi connectivity index (χ2n) is 6.78. The summed E-state index contributed by atoms with van der Waals surface area (Å²) in [5.41, 5.74) is 1.86. The number of carbonyl (C=O) groups excluding carboxylic acids is 2. The summed E-state index contributed by atoms with van der Waals surface area (Å²) in [7, 11) is 1.60. The molecule has 1 N–H and O–H groups in total. The minimum absolute atomic E-state index is 0.0653. The van der Waals surface area contributed by atoms with Gasteiger partial charge in [-0.3, -0.25) is 19.8 Å². The van der Waals surface area contributed by atoms with E-state index in [0.717, 1.165) is 29.3 Å². The molecule has 1 aromatic carbocycles. The van der Waals surface area contributed by atoms with Crippen molar-refractivity contribution in [3.8, 4) is 5.75 Å². The SMILES string of the molecule is COc1ccc(C(=O)CN2CCc3nc(NC(=O)c4cc(C)on4)sc3C2)cc1. The number of carbonyl (C=O) groups is 2. The highest BCUT2D eigenvalue weighted by Gasteiger charge is 2.24. The molecule has 3 aromatic rings. The molecule has 8 nitrogen and oxygen atoms in total. The highest BCUT2D eigenvalue weighted by atomic mass is 32.1. The first-order chi connectivity index (χ1) is 14.0. The Labute approximate surface area is 171 Å². The Hall–Kier alpha value is -3.04. The van der Waals surface area contributed by atoms with E-state index in [9.17, 15) is 9.59 Å². The predicted octanol–water partition coefficient (Wildman–Crippen LogP) is 2.94. The zero-order valence-electron chi connectivity index (χ0n) is 16.1. The van der Waals surface area contributed by atoms with Crippen LogP contribution in [0, 0.1) is 6.92 Å². The number of fused-ring (bicyclic) bond motifs is 1. The van der Waals surface area contributed by atoms with E-state index in [1.54, 1.807) is 44.4 Å². The highest BCUT2D eigenvalue weighted by molar-refractivity contribution is 7.15. The molecule has 29 heavy (non-hydrogen) atoms. The lowest BCUT2D eigenvalue weighted by molar-refractivity contribution is 0.0921. The first-order valence-electron chi connectivity index (χ1n) is 9.14. The molecule has 4 rings (SSSR count). The van der Waals surface area contributed by atoms with E-state index < -0.39 is 0 Å². The fourth-order valence-corrected chi connectivity index (χ4v) is 4.19. The maximum atomic E-state index is 12.6. The largest absolute Gasteiger partial charge is 0.497 e. The Morgan fingerprint density at radius 3 is 2.79 bits per heavy atom. The number of aryl methyl sites for hydroxylation is 1. The van der Waals surface area contributed by atoms with Crippen molar-refractivity contribution in [1.82, 2.24) is 15.0 Å². The molecule has 0 saturated carbocycles. The van der Waals surface area contributed by atoms with Crippen LogP contribution in [0.1, 0.15) is 37.2 Å². The van der Waals surface area contributed by atoms with Crippen molar-refractivity contribution in [2.24, 2.45) is 0 Å². The summed E-state index contributed by atoms with van der Waals surface area (Å²) in [6.07, 6.45) is 0.737. The zero-order chi connectivity index (χ0) is 20.4. The van der Waals surface area contributed by atoms with Gasteiger partial charge in [-0.1, -0.05) is 5.16 Å². The standard InChI is InChI=1S/C20H20N4O4S/c1-12-9-16(23-28-12)19(26)22-20-21-15-7-8-24(11-18(15)29-20)10-17(25)13-3-5-14(27-2)6-4-13/h3-6,9H,7-8,10-11H2,1-2H3,(H,21,22,26). The van der Waals surface area contributed by atoms with Crippen LogP contribution in [-0.2, 0) is 13.0 Å². The predicted molar refractivity (Wildman–Crippen MR) is 108 cm³/mol. The van der Waals surface area contributed by atoms with Gasteiger partial charge in [0.1, 0.15) is 11.5 Å². The molecule has 0 atom stereocenters. The van der Waals surface area contributed by atoms with Crippen LogP contribution >= 0.6 is 11.3 Å². The van der Waals surface area contributed by atoms with Gasteiger partial charge < -0.3 is 9.26 Å². The summed E-state index contributed by atoms with van der Waals surface area (Å²) in [6, 6.07) is 8.71. The number of ketones is 1. The number of ether oxygens (including phenoxy) is 1. The minimum Gasteiger partial charge on any atom is -0.497 e. The van der Waals surface area contributed by atoms with Crippen molar-refractivity contribution >= 4 is 28.2 Å². The summed E-state index contributed by atoms with van der Waals surface area (Å²) in [6.45, 7) is 3.44. The molecule has 0 radical (unpaired) electrons. The first kappa shape index (κ1) is 19.3. The summed E-state index contributed by atoms with van der Waals surface area (Å²) in [5, 5.41) is 7.02. The zero-order valence-corrected chi connectivity index (χ0v) is 16.9. The fourth-order valence-electron chi connectivity index (χ4n) is 3.14. The lowest BCUT2D eigenvalue weighted by atomic mass is 10.1. The van der Waals surface area contributed by atoms with Gasteiger partial charge in [0.2, 0.25) is 0 Å². The Morgan fingerprint density at radius 2 is 2.10 bits per heavy atom. The second-order valence-corrected chi connectivity index (χ2v) is 7.86. The Bertz CT molecular complexity index is 1040. The van der Waals surface area contributed by atoms with Gasteiger partial charge in [-0.05, 0) is 31.2 Å². The Balaban J connectivity index is 1.38. The molecular weight excluding hydrogens is 392 g/mol. The lowest BCUT2D eigenvalue weighted by Gasteiger charge is -2.25. The van der Waals surface area contributed by atoms with Crippen molar-refractivity contribution in [1.29, 1.82) is 0 Å². The first-order valence-corrected chi connectivity index (χ1v) is 9.96. The van der Waals surface area contributed by atoms with E-state index in [2.05, 4.69) is 20.4 Å². The maximum Gasteiger partial charge on any atom is 0.279 e. The van der Waals surface area contributed by atoms with Gasteiger partial charge in [0.25, 0.3) is 5.91 Å². The maximum absolute atomic E-state index is 12.6. The van der Waals surface area contributed by atoms with E-state index >= 15 is 0 Å². The molecule has 0 saturated heterocycles. The van der Waals surface area contributed by atoms with Gasteiger partial charge in [0.05, 0.1) is 19.3 Å². The van der Waals surface area contributed by atoms with Crippen LogP contribution in [0.3, 0.4) is 0 Å². The molecule has 0 bridgehead atoms. The number of methoxy groups -OCH3 is 1. The number of amides is 1. The number of aromatic nitrogens is 2. The van der Waals surface area contributed by atoms with Crippen LogP contribution in [0.15, 0.2) is 34.9 Å². The van der Waals surface area contributed by atoms with Gasteiger partial charge in [-0.25, -0.2) is 4.98 Å². The van der Waals surface area contributed by atoms with Crippen molar-refractivity contribution in [3.63, 3.8) is 0 Å². The molecule has 1 aliphatic heterocycles. The van der Waals surface area contributed by atoms with Crippen LogP contribution < -0.4 is 10.1 Å². The van der Waals surface area contributed by atoms with Gasteiger partial charge in [0.15, 0.2) is 16.6 Å². The Morgan fingerprint density at radius 1 is 1.31 bits per heavy atom. The summed E-state index contributed by atoms with van der Waals surface area (Å²) >= 11 is 1.43. The third-order valence-corrected chi connectivity index (χ3v) is 5.67. The monoisotopic (exact) mass is 412 g/mol. The molecule has 1 aliphatic rings. The van der Waals surface area contributed by atoms with E-state index in [0.29, 0.717) is 29.5 Å². The van der Waals surface area contributed by atoms with Gasteiger partial charge in [-0.2, -0.15) is 0 Å². The molecule has 0 fully saturated rings. The van der Waals surface area contributed by atoms with Crippen molar-refractivity contribution < 1.29 is 18.8 Å². The van der Waals surface area contributed by atoms with Crippen LogP contribution in [-0.4, -0.2) is 46.9 Å². The topological polar surface area (TPSA) is 97.6 Å². The average Bonchev–Trinajstić information content (AvgIpc) is 3.33. The van der Waals surface area contributed by atoms with Crippen LogP contribution in [0.25, 0.3) is 0 Å². The molecule has 2 aromatic heterocycles. The number of benzene rings is 1. The number of hydrogen-bond acceptors (Lipinski definition) is 8. The summed E-state index contributed by atoms with van der Waals surface area (Å²) in [5.74, 6) is 1.02. The molecule has 3 heterocycles. The molecule has 150 valence electrons. The van der Waals surface area contributed by atoms with Crippen LogP contribution in [0.5, 0.6) is 5.75 Å². The van der Waals surface area contributed by atoms with Gasteiger partial charge in [-0.15, -0.1) is 11.3 Å². The fraction of sp³-hybridized carbons (Fsp3) is 0.300. The third-order valence-electron chi connectivity index (χ3n) is 4.67. The molecule has 0 aliphatic carbocycles. The quantitative estimate of drug-likeness (QED) is 0.622. The number of rotatable bonds is 6. The van der Waals surface area contributed by atoms with E-state index in [1.165, 1.54) is 11.3 Å². The molecule has 9 heteroatoms. The number of thiazole rings is 1. The number of Topliss-reactive ketones (excluding diaryl/α,β-unsaturated/α-hetero) is 1. The second kappa shape index (κ2) is 8.14. The van der Waals surface area contributed by atoms with Crippen LogP contribution in [0.4, 0.5) is 5.13 Å². The number of anilines is 1. The van der Waals surface area contributed by atoms with Crippen molar-refractivity contribution in [2.75, 3.05) is 25.5 Å². The number of nitrogens with zero attached hydrogens (tertiary/aromatic N) is 3. The van der Waals surface area contributed by atoms with Gasteiger partial charge >= 0.3 is 0 Å².